The summed E-state index contributed by atoms with van der Waals surface area (Å²) in [6, 6.07) is 28.0. The molecule has 0 aliphatic rings. The molecule has 4 nitrogen and oxygen atoms in total. The van der Waals surface area contributed by atoms with Gasteiger partial charge in [-0.2, -0.15) is 4.62 Å². The third-order valence-electron chi connectivity index (χ3n) is 3.23. The molecule has 0 spiro atoms. The van der Waals surface area contributed by atoms with Gasteiger partial charge in [0.2, 0.25) is 0 Å². The van der Waals surface area contributed by atoms with Crippen LogP contribution in [0.25, 0.3) is 0 Å². The van der Waals surface area contributed by atoms with Crippen LogP contribution in [-0.4, -0.2) is 6.66 Å². The van der Waals surface area contributed by atoms with Gasteiger partial charge in [0.25, 0.3) is 0 Å². The van der Waals surface area contributed by atoms with Crippen LogP contribution in [0.2, 0.25) is 0 Å². The molecular formula is C19H18NO3P. The average Bonchev–Trinajstić information content (AvgIpc) is 2.62. The summed E-state index contributed by atoms with van der Waals surface area (Å²) in [5.41, 5.74) is 1.53. The number of benzene rings is 3. The summed E-state index contributed by atoms with van der Waals surface area (Å²) >= 11 is 0. The second kappa shape index (κ2) is 7.35. The zero-order chi connectivity index (χ0) is 16.8. The van der Waals surface area contributed by atoms with Crippen LogP contribution in [0.1, 0.15) is 0 Å². The predicted molar refractivity (Wildman–Crippen MR) is 96.7 cm³/mol. The van der Waals surface area contributed by atoms with Gasteiger partial charge >= 0.3 is 7.60 Å². The molecule has 1 atom stereocenters. The third-order valence-corrected chi connectivity index (χ3v) is 4.23. The lowest BCUT2D eigenvalue weighted by Gasteiger charge is -2.26. The number of para-hydroxylation sites is 3. The van der Waals surface area contributed by atoms with Crippen LogP contribution in [0, 0.1) is 0 Å². The fourth-order valence-corrected chi connectivity index (χ4v) is 3.23. The highest BCUT2D eigenvalue weighted by molar-refractivity contribution is 7.53. The Kier molecular flexibility index (Phi) is 4.99. The van der Waals surface area contributed by atoms with Gasteiger partial charge in [0.1, 0.15) is 5.75 Å². The molecule has 0 saturated carbocycles. The van der Waals surface area contributed by atoms with Crippen molar-refractivity contribution in [2.75, 3.05) is 11.7 Å². The maximum atomic E-state index is 12.9. The lowest BCUT2D eigenvalue weighted by Crippen LogP contribution is -2.17. The van der Waals surface area contributed by atoms with Crippen LogP contribution in [0.3, 0.4) is 0 Å². The van der Waals surface area contributed by atoms with Crippen LogP contribution in [0.4, 0.5) is 11.4 Å². The molecule has 5 heteroatoms. The van der Waals surface area contributed by atoms with Gasteiger partial charge in [-0.3, -0.25) is 0 Å². The predicted octanol–water partition coefficient (Wildman–Crippen LogP) is 5.66. The largest absolute Gasteiger partial charge is 0.423 e. The van der Waals surface area contributed by atoms with Gasteiger partial charge < -0.3 is 4.52 Å². The molecule has 0 saturated heterocycles. The molecule has 122 valence electrons. The Bertz CT molecular complexity index is 770. The minimum absolute atomic E-state index is 0.504. The second-order valence-electron chi connectivity index (χ2n) is 5.22. The Morgan fingerprint density at radius 3 is 1.58 bits per heavy atom. The van der Waals surface area contributed by atoms with Crippen molar-refractivity contribution in [3.63, 3.8) is 0 Å². The molecule has 0 radical (unpaired) electrons. The summed E-state index contributed by atoms with van der Waals surface area (Å²) in [6.45, 7) is 1.46. The van der Waals surface area contributed by atoms with Gasteiger partial charge in [-0.05, 0) is 36.4 Å². The van der Waals surface area contributed by atoms with Crippen molar-refractivity contribution >= 4 is 19.0 Å². The van der Waals surface area contributed by atoms with Gasteiger partial charge in [-0.1, -0.05) is 54.6 Å². The number of anilines is 2. The van der Waals surface area contributed by atoms with Crippen LogP contribution in [0.15, 0.2) is 91.0 Å². The lowest BCUT2D eigenvalue weighted by atomic mass is 10.2. The first kappa shape index (κ1) is 16.3. The first-order chi connectivity index (χ1) is 11.6. The monoisotopic (exact) mass is 339 g/mol. The van der Waals surface area contributed by atoms with Crippen LogP contribution >= 0.6 is 7.60 Å². The van der Waals surface area contributed by atoms with Gasteiger partial charge in [-0.25, -0.2) is 9.63 Å². The van der Waals surface area contributed by atoms with Gasteiger partial charge in [-0.15, -0.1) is 0 Å². The summed E-state index contributed by atoms with van der Waals surface area (Å²) in [5, 5.41) is 1.53. The number of rotatable bonds is 6. The average molecular weight is 339 g/mol. The quantitative estimate of drug-likeness (QED) is 0.429. The Hall–Kier alpha value is -2.55. The lowest BCUT2D eigenvalue weighted by molar-refractivity contribution is 0.273. The molecule has 3 aromatic rings. The Morgan fingerprint density at radius 2 is 1.12 bits per heavy atom. The van der Waals surface area contributed by atoms with E-state index in [1.165, 1.54) is 11.7 Å². The van der Waals surface area contributed by atoms with Crippen LogP contribution < -0.4 is 9.59 Å². The molecule has 1 unspecified atom stereocenters. The number of hydrogen-bond donors (Lipinski definition) is 0. The van der Waals surface area contributed by atoms with Gasteiger partial charge in [0.05, 0.1) is 18.0 Å². The summed E-state index contributed by atoms with van der Waals surface area (Å²) in [6.07, 6.45) is 0. The van der Waals surface area contributed by atoms with E-state index in [0.29, 0.717) is 5.75 Å². The Labute approximate surface area is 141 Å². The van der Waals surface area contributed by atoms with E-state index < -0.39 is 7.60 Å². The van der Waals surface area contributed by atoms with E-state index in [9.17, 15) is 4.57 Å². The summed E-state index contributed by atoms with van der Waals surface area (Å²) in [4.78, 5) is 0. The fourth-order valence-electron chi connectivity index (χ4n) is 2.21. The molecule has 0 aromatic heterocycles. The van der Waals surface area contributed by atoms with E-state index in [2.05, 4.69) is 0 Å². The maximum absolute atomic E-state index is 12.9. The van der Waals surface area contributed by atoms with Gasteiger partial charge in [0.15, 0.2) is 0 Å². The summed E-state index contributed by atoms with van der Waals surface area (Å²) in [7, 11) is -3.38. The van der Waals surface area contributed by atoms with Crippen molar-refractivity contribution in [1.29, 1.82) is 0 Å². The Morgan fingerprint density at radius 1 is 0.708 bits per heavy atom. The molecule has 0 N–H and O–H groups in total. The van der Waals surface area contributed by atoms with Crippen molar-refractivity contribution in [3.8, 4) is 5.75 Å². The number of hydrogen-bond acceptors (Lipinski definition) is 4. The van der Waals surface area contributed by atoms with Crippen molar-refractivity contribution in [3.05, 3.63) is 91.0 Å². The van der Waals surface area contributed by atoms with E-state index in [-0.39, 0.29) is 0 Å². The normalized spacial score (nSPS) is 13.0. The molecule has 0 amide bonds. The van der Waals surface area contributed by atoms with Crippen molar-refractivity contribution in [2.24, 2.45) is 0 Å². The molecule has 0 aliphatic heterocycles. The molecule has 0 fully saturated rings. The first-order valence-electron chi connectivity index (χ1n) is 7.56. The molecule has 3 rings (SSSR count). The zero-order valence-electron chi connectivity index (χ0n) is 13.3. The van der Waals surface area contributed by atoms with Crippen molar-refractivity contribution in [2.45, 2.75) is 0 Å². The SMILES string of the molecule is CP(=O)(Oc1ccccc1)ON(c1ccccc1)c1ccccc1. The zero-order valence-corrected chi connectivity index (χ0v) is 14.2. The molecule has 24 heavy (non-hydrogen) atoms. The standard InChI is InChI=1S/C19H18NO3P/c1-24(21,22-19-15-9-4-10-16-19)23-20(17-11-5-2-6-12-17)18-13-7-3-8-14-18/h2-16H,1H3. The van der Waals surface area contributed by atoms with Crippen molar-refractivity contribution in [1.82, 2.24) is 0 Å². The van der Waals surface area contributed by atoms with E-state index >= 15 is 0 Å². The third kappa shape index (κ3) is 4.25. The van der Waals surface area contributed by atoms with E-state index in [1.54, 1.807) is 12.1 Å². The topological polar surface area (TPSA) is 38.8 Å². The van der Waals surface area contributed by atoms with E-state index in [1.807, 2.05) is 78.9 Å². The minimum atomic E-state index is -3.38. The molecule has 0 bridgehead atoms. The summed E-state index contributed by atoms with van der Waals surface area (Å²) < 4.78 is 24.2. The van der Waals surface area contributed by atoms with Crippen LogP contribution in [-0.2, 0) is 9.19 Å². The molecule has 0 heterocycles. The van der Waals surface area contributed by atoms with E-state index in [0.717, 1.165) is 11.4 Å². The maximum Gasteiger partial charge on any atom is 0.397 e. The highest BCUT2D eigenvalue weighted by atomic mass is 31.2. The smallest absolute Gasteiger partial charge is 0.397 e. The van der Waals surface area contributed by atoms with Gasteiger partial charge in [0, 0.05) is 0 Å². The summed E-state index contributed by atoms with van der Waals surface area (Å²) in [5.74, 6) is 0.504. The first-order valence-corrected chi connectivity index (χ1v) is 9.55. The molecule has 3 aromatic carbocycles. The van der Waals surface area contributed by atoms with Crippen LogP contribution in [0.5, 0.6) is 5.75 Å². The number of nitrogens with zero attached hydrogens (tertiary/aromatic N) is 1. The fraction of sp³-hybridized carbons (Fsp3) is 0.0526. The van der Waals surface area contributed by atoms with Crippen molar-refractivity contribution < 1.29 is 13.7 Å². The highest BCUT2D eigenvalue weighted by Gasteiger charge is 2.25. The second-order valence-corrected chi connectivity index (χ2v) is 7.11. The molecular weight excluding hydrogens is 321 g/mol. The minimum Gasteiger partial charge on any atom is -0.423 e. The Balaban J connectivity index is 1.88. The van der Waals surface area contributed by atoms with E-state index in [4.69, 9.17) is 9.15 Å². The molecule has 0 aliphatic carbocycles. The highest BCUT2D eigenvalue weighted by Crippen LogP contribution is 2.47.